The lowest BCUT2D eigenvalue weighted by molar-refractivity contribution is 0.0765. The number of aliphatic hydroxyl groups excluding tert-OH is 1. The molecule has 160 valence electrons. The van der Waals surface area contributed by atoms with Gasteiger partial charge in [0.1, 0.15) is 0 Å². The molecule has 1 aliphatic heterocycles. The third kappa shape index (κ3) is 4.63. The van der Waals surface area contributed by atoms with Crippen molar-refractivity contribution in [1.29, 1.82) is 0 Å². The molecule has 0 saturated carbocycles. The lowest BCUT2D eigenvalue weighted by Crippen LogP contribution is -2.29. The highest BCUT2D eigenvalue weighted by Gasteiger charge is 2.25. The molecular formula is C25H26ClN3O2. The largest absolute Gasteiger partial charge is 0.391 e. The van der Waals surface area contributed by atoms with Crippen molar-refractivity contribution in [3.05, 3.63) is 71.3 Å². The molecule has 1 atom stereocenters. The number of carbonyl (C=O) groups excluding carboxylic acids is 1. The molecule has 1 amide bonds. The average molecular weight is 436 g/mol. The molecule has 1 aliphatic rings. The number of amides is 1. The van der Waals surface area contributed by atoms with E-state index >= 15 is 0 Å². The number of hydrogen-bond acceptors (Lipinski definition) is 4. The lowest BCUT2D eigenvalue weighted by atomic mass is 9.90. The molecule has 1 saturated heterocycles. The van der Waals surface area contributed by atoms with Crippen molar-refractivity contribution >= 4 is 17.5 Å². The molecule has 3 heterocycles. The molecule has 3 aromatic rings. The summed E-state index contributed by atoms with van der Waals surface area (Å²) in [6, 6.07) is 11.5. The number of hydrogen-bond donors (Lipinski definition) is 1. The number of benzene rings is 1. The van der Waals surface area contributed by atoms with Crippen LogP contribution in [-0.2, 0) is 5.41 Å². The Hall–Kier alpha value is -2.76. The van der Waals surface area contributed by atoms with Gasteiger partial charge in [-0.1, -0.05) is 38.4 Å². The summed E-state index contributed by atoms with van der Waals surface area (Å²) in [7, 11) is 0. The number of β-amino-alcohol motifs (C(OH)–C–C–N with tert-alkyl or cyclic N) is 1. The van der Waals surface area contributed by atoms with Gasteiger partial charge in [0, 0.05) is 70.1 Å². The second kappa shape index (κ2) is 8.40. The SMILES string of the molecule is CC(C)(C)c1cc(-c2cncc(-c3ccc(C(=O)N4CC[C@H](O)C4)cc3Cl)c2)ccn1. The molecule has 0 radical (unpaired) electrons. The van der Waals surface area contributed by atoms with Crippen LogP contribution in [0.4, 0.5) is 0 Å². The summed E-state index contributed by atoms with van der Waals surface area (Å²) < 4.78 is 0. The number of carbonyl (C=O) groups is 1. The van der Waals surface area contributed by atoms with Crippen LogP contribution in [0.3, 0.4) is 0 Å². The van der Waals surface area contributed by atoms with Crippen molar-refractivity contribution in [3.8, 4) is 22.3 Å². The van der Waals surface area contributed by atoms with E-state index < -0.39 is 6.10 Å². The maximum absolute atomic E-state index is 12.7. The van der Waals surface area contributed by atoms with Crippen molar-refractivity contribution < 1.29 is 9.90 Å². The molecular weight excluding hydrogens is 410 g/mol. The van der Waals surface area contributed by atoms with Crippen molar-refractivity contribution in [2.75, 3.05) is 13.1 Å². The fraction of sp³-hybridized carbons (Fsp3) is 0.320. The summed E-state index contributed by atoms with van der Waals surface area (Å²) in [6.07, 6.45) is 5.59. The zero-order valence-corrected chi connectivity index (χ0v) is 18.7. The molecule has 5 nitrogen and oxygen atoms in total. The van der Waals surface area contributed by atoms with Gasteiger partial charge in [-0.15, -0.1) is 0 Å². The van der Waals surface area contributed by atoms with Gasteiger partial charge < -0.3 is 10.0 Å². The fourth-order valence-corrected chi connectivity index (χ4v) is 4.05. The Morgan fingerprint density at radius 1 is 1.10 bits per heavy atom. The number of pyridine rings is 2. The monoisotopic (exact) mass is 435 g/mol. The van der Waals surface area contributed by atoms with E-state index in [1.807, 2.05) is 30.6 Å². The Morgan fingerprint density at radius 2 is 1.87 bits per heavy atom. The van der Waals surface area contributed by atoms with Gasteiger partial charge in [-0.2, -0.15) is 0 Å². The van der Waals surface area contributed by atoms with Crippen LogP contribution in [0.1, 0.15) is 43.2 Å². The Balaban J connectivity index is 1.63. The first-order chi connectivity index (χ1) is 14.7. The van der Waals surface area contributed by atoms with Crippen molar-refractivity contribution in [2.24, 2.45) is 0 Å². The topological polar surface area (TPSA) is 66.3 Å². The molecule has 0 spiro atoms. The summed E-state index contributed by atoms with van der Waals surface area (Å²) in [4.78, 5) is 23.3. The van der Waals surface area contributed by atoms with Crippen LogP contribution in [0.25, 0.3) is 22.3 Å². The van der Waals surface area contributed by atoms with Crippen LogP contribution in [0.15, 0.2) is 55.0 Å². The predicted octanol–water partition coefficient (Wildman–Crippen LogP) is 4.97. The van der Waals surface area contributed by atoms with Crippen molar-refractivity contribution in [2.45, 2.75) is 38.7 Å². The number of rotatable bonds is 3. The summed E-state index contributed by atoms with van der Waals surface area (Å²) >= 11 is 6.57. The van der Waals surface area contributed by atoms with E-state index in [1.54, 1.807) is 23.2 Å². The first-order valence-electron chi connectivity index (χ1n) is 10.4. The van der Waals surface area contributed by atoms with Crippen LogP contribution < -0.4 is 0 Å². The Kier molecular flexibility index (Phi) is 5.82. The molecule has 6 heteroatoms. The summed E-state index contributed by atoms with van der Waals surface area (Å²) in [5, 5.41) is 10.2. The molecule has 0 bridgehead atoms. The minimum Gasteiger partial charge on any atom is -0.391 e. The van der Waals surface area contributed by atoms with Crippen LogP contribution in [0.5, 0.6) is 0 Å². The Labute approximate surface area is 187 Å². The molecule has 1 aromatic carbocycles. The number of halogens is 1. The van der Waals surface area contributed by atoms with E-state index in [-0.39, 0.29) is 11.3 Å². The normalized spacial score (nSPS) is 16.5. The summed E-state index contributed by atoms with van der Waals surface area (Å²) in [6.45, 7) is 7.35. The number of likely N-dealkylation sites (tertiary alicyclic amines) is 1. The van der Waals surface area contributed by atoms with Gasteiger partial charge in [0.15, 0.2) is 0 Å². The van der Waals surface area contributed by atoms with Gasteiger partial charge in [0.25, 0.3) is 5.91 Å². The van der Waals surface area contributed by atoms with Gasteiger partial charge >= 0.3 is 0 Å². The second-order valence-corrected chi connectivity index (χ2v) is 9.44. The average Bonchev–Trinajstić information content (AvgIpc) is 3.19. The van der Waals surface area contributed by atoms with Crippen molar-refractivity contribution in [3.63, 3.8) is 0 Å². The van der Waals surface area contributed by atoms with Gasteiger partial charge in [0.05, 0.1) is 6.10 Å². The van der Waals surface area contributed by atoms with Crippen molar-refractivity contribution in [1.82, 2.24) is 14.9 Å². The molecule has 1 N–H and O–H groups in total. The van der Waals surface area contributed by atoms with E-state index in [0.717, 1.165) is 27.9 Å². The Bertz CT molecular complexity index is 1120. The van der Waals surface area contributed by atoms with Gasteiger partial charge in [0.2, 0.25) is 0 Å². The molecule has 0 unspecified atom stereocenters. The quantitative estimate of drug-likeness (QED) is 0.630. The van der Waals surface area contributed by atoms with Crippen LogP contribution in [0.2, 0.25) is 5.02 Å². The first-order valence-corrected chi connectivity index (χ1v) is 10.8. The minimum absolute atomic E-state index is 0.0435. The molecule has 2 aromatic heterocycles. The Morgan fingerprint density at radius 3 is 2.55 bits per heavy atom. The number of aromatic nitrogens is 2. The smallest absolute Gasteiger partial charge is 0.253 e. The van der Waals surface area contributed by atoms with Gasteiger partial charge in [-0.05, 0) is 42.3 Å². The number of nitrogens with zero attached hydrogens (tertiary/aromatic N) is 3. The van der Waals surface area contributed by atoms with Crippen LogP contribution in [0, 0.1) is 0 Å². The van der Waals surface area contributed by atoms with Gasteiger partial charge in [-0.3, -0.25) is 14.8 Å². The van der Waals surface area contributed by atoms with E-state index in [4.69, 9.17) is 11.6 Å². The maximum atomic E-state index is 12.7. The molecule has 31 heavy (non-hydrogen) atoms. The zero-order valence-electron chi connectivity index (χ0n) is 18.0. The second-order valence-electron chi connectivity index (χ2n) is 9.03. The first kappa shape index (κ1) is 21.5. The van der Waals surface area contributed by atoms with Crippen LogP contribution in [-0.4, -0.2) is 45.1 Å². The summed E-state index contributed by atoms with van der Waals surface area (Å²) in [5.41, 5.74) is 5.22. The molecule has 4 rings (SSSR count). The summed E-state index contributed by atoms with van der Waals surface area (Å²) in [5.74, 6) is -0.108. The van der Waals surface area contributed by atoms with E-state index in [0.29, 0.717) is 30.1 Å². The predicted molar refractivity (Wildman–Crippen MR) is 123 cm³/mol. The highest BCUT2D eigenvalue weighted by molar-refractivity contribution is 6.33. The maximum Gasteiger partial charge on any atom is 0.253 e. The molecule has 0 aliphatic carbocycles. The highest BCUT2D eigenvalue weighted by atomic mass is 35.5. The van der Waals surface area contributed by atoms with E-state index in [9.17, 15) is 9.90 Å². The third-order valence-electron chi connectivity index (χ3n) is 5.58. The fourth-order valence-electron chi connectivity index (χ4n) is 3.76. The molecule has 1 fully saturated rings. The standard InChI is InChI=1S/C25H26ClN3O2/c1-25(2,3)23-12-16(6-8-28-23)18-10-19(14-27-13-18)21-5-4-17(11-22(21)26)24(31)29-9-7-20(30)15-29/h4-6,8,10-14,20,30H,7,9,15H2,1-3H3/t20-/m0/s1. The highest BCUT2D eigenvalue weighted by Crippen LogP contribution is 2.32. The number of aliphatic hydroxyl groups is 1. The zero-order chi connectivity index (χ0) is 22.2. The van der Waals surface area contributed by atoms with E-state index in [1.165, 1.54) is 0 Å². The van der Waals surface area contributed by atoms with E-state index in [2.05, 4.69) is 36.8 Å². The van der Waals surface area contributed by atoms with Crippen LogP contribution >= 0.6 is 11.6 Å². The lowest BCUT2D eigenvalue weighted by Gasteiger charge is -2.18. The van der Waals surface area contributed by atoms with Gasteiger partial charge in [-0.25, -0.2) is 0 Å². The minimum atomic E-state index is -0.445. The third-order valence-corrected chi connectivity index (χ3v) is 5.89.